The monoisotopic (exact) mass is 288 g/mol. The van der Waals surface area contributed by atoms with Gasteiger partial charge in [0, 0.05) is 46.5 Å². The van der Waals surface area contributed by atoms with Crippen LogP contribution in [0.25, 0.3) is 0 Å². The molecule has 1 aliphatic heterocycles. The van der Waals surface area contributed by atoms with Crippen LogP contribution in [0.15, 0.2) is 0 Å². The van der Waals surface area contributed by atoms with Gasteiger partial charge in [-0.1, -0.05) is 6.92 Å². The fourth-order valence-electron chi connectivity index (χ4n) is 2.83. The summed E-state index contributed by atoms with van der Waals surface area (Å²) in [6, 6.07) is 0. The minimum atomic E-state index is 0.207. The number of ether oxygens (including phenoxy) is 2. The maximum atomic E-state index is 9.24. The predicted molar refractivity (Wildman–Crippen MR) is 81.0 cm³/mol. The molecule has 0 radical (unpaired) electrons. The molecule has 0 aromatic carbocycles. The van der Waals surface area contributed by atoms with Crippen LogP contribution in [0.3, 0.4) is 0 Å². The van der Waals surface area contributed by atoms with E-state index in [1.54, 1.807) is 7.11 Å². The normalized spacial score (nSPS) is 18.6. The minimum Gasteiger partial charge on any atom is -0.395 e. The molecular weight excluding hydrogens is 256 g/mol. The molecule has 0 amide bonds. The Morgan fingerprint density at radius 3 is 2.65 bits per heavy atom. The fraction of sp³-hybridized carbons (Fsp3) is 1.00. The van der Waals surface area contributed by atoms with Crippen LogP contribution in [-0.4, -0.2) is 76.3 Å². The van der Waals surface area contributed by atoms with Gasteiger partial charge in [0.05, 0.1) is 13.2 Å². The second-order valence-electron chi connectivity index (χ2n) is 5.78. The molecule has 0 aliphatic carbocycles. The maximum absolute atomic E-state index is 9.24. The number of rotatable bonds is 11. The molecule has 1 fully saturated rings. The molecule has 5 heteroatoms. The summed E-state index contributed by atoms with van der Waals surface area (Å²) in [5, 5.41) is 12.8. The Hall–Kier alpha value is -0.200. The molecule has 0 bridgehead atoms. The molecule has 1 rings (SSSR count). The van der Waals surface area contributed by atoms with E-state index in [-0.39, 0.29) is 12.0 Å². The number of hydrogen-bond acceptors (Lipinski definition) is 5. The highest BCUT2D eigenvalue weighted by Crippen LogP contribution is 2.31. The number of nitrogens with zero attached hydrogens (tertiary/aromatic N) is 1. The lowest BCUT2D eigenvalue weighted by atomic mass is 9.79. The van der Waals surface area contributed by atoms with Gasteiger partial charge in [0.25, 0.3) is 0 Å². The molecule has 1 saturated heterocycles. The number of nitrogens with one attached hydrogen (secondary N) is 1. The van der Waals surface area contributed by atoms with Gasteiger partial charge in [-0.05, 0) is 31.2 Å². The third-order valence-electron chi connectivity index (χ3n) is 4.07. The first kappa shape index (κ1) is 17.9. The van der Waals surface area contributed by atoms with E-state index >= 15 is 0 Å². The molecule has 1 aliphatic rings. The van der Waals surface area contributed by atoms with Crippen LogP contribution in [0.5, 0.6) is 0 Å². The standard InChI is InChI=1S/C15H32N2O3/c1-3-6-16-13-15(4-10-20-11-5-15)14-17(7-9-18)8-12-19-2/h16,18H,3-14H2,1-2H3. The molecule has 0 unspecified atom stereocenters. The summed E-state index contributed by atoms with van der Waals surface area (Å²) in [5.41, 5.74) is 0.274. The lowest BCUT2D eigenvalue weighted by Gasteiger charge is -2.41. The number of methoxy groups -OCH3 is 1. The molecule has 1 heterocycles. The van der Waals surface area contributed by atoms with Gasteiger partial charge >= 0.3 is 0 Å². The quantitative estimate of drug-likeness (QED) is 0.549. The van der Waals surface area contributed by atoms with Gasteiger partial charge in [-0.2, -0.15) is 0 Å². The lowest BCUT2D eigenvalue weighted by molar-refractivity contribution is -0.00987. The molecule has 120 valence electrons. The van der Waals surface area contributed by atoms with Crippen LogP contribution in [0.4, 0.5) is 0 Å². The average Bonchev–Trinajstić information content (AvgIpc) is 2.46. The van der Waals surface area contributed by atoms with E-state index in [1.807, 2.05) is 0 Å². The third-order valence-corrected chi connectivity index (χ3v) is 4.07. The second-order valence-corrected chi connectivity index (χ2v) is 5.78. The summed E-state index contributed by atoms with van der Waals surface area (Å²) in [7, 11) is 1.73. The van der Waals surface area contributed by atoms with Crippen molar-refractivity contribution >= 4 is 0 Å². The van der Waals surface area contributed by atoms with Crippen LogP contribution < -0.4 is 5.32 Å². The zero-order chi connectivity index (χ0) is 14.7. The van der Waals surface area contributed by atoms with Crippen molar-refractivity contribution in [1.82, 2.24) is 10.2 Å². The first-order chi connectivity index (χ1) is 9.76. The average molecular weight is 288 g/mol. The molecule has 2 N–H and O–H groups in total. The molecule has 20 heavy (non-hydrogen) atoms. The van der Waals surface area contributed by atoms with Crippen LogP contribution in [0, 0.1) is 5.41 Å². The van der Waals surface area contributed by atoms with Crippen LogP contribution in [0.1, 0.15) is 26.2 Å². The summed E-state index contributed by atoms with van der Waals surface area (Å²) < 4.78 is 10.7. The Bertz CT molecular complexity index is 233. The van der Waals surface area contributed by atoms with Crippen molar-refractivity contribution in [2.24, 2.45) is 5.41 Å². The van der Waals surface area contributed by atoms with E-state index in [4.69, 9.17) is 9.47 Å². The molecule has 0 atom stereocenters. The molecule has 0 aromatic heterocycles. The fourth-order valence-corrected chi connectivity index (χ4v) is 2.83. The van der Waals surface area contributed by atoms with Gasteiger partial charge in [-0.3, -0.25) is 4.90 Å². The number of aliphatic hydroxyl groups is 1. The largest absolute Gasteiger partial charge is 0.395 e. The highest BCUT2D eigenvalue weighted by Gasteiger charge is 2.33. The predicted octanol–water partition coefficient (Wildman–Crippen LogP) is 0.724. The van der Waals surface area contributed by atoms with Gasteiger partial charge < -0.3 is 19.9 Å². The molecule has 5 nitrogen and oxygen atoms in total. The maximum Gasteiger partial charge on any atom is 0.0589 e. The van der Waals surface area contributed by atoms with Gasteiger partial charge in [0.15, 0.2) is 0 Å². The van der Waals surface area contributed by atoms with Crippen molar-refractivity contribution < 1.29 is 14.6 Å². The van der Waals surface area contributed by atoms with Crippen molar-refractivity contribution in [3.63, 3.8) is 0 Å². The van der Waals surface area contributed by atoms with E-state index in [0.29, 0.717) is 0 Å². The lowest BCUT2D eigenvalue weighted by Crippen LogP contribution is -2.48. The Labute approximate surface area is 123 Å². The van der Waals surface area contributed by atoms with E-state index in [0.717, 1.165) is 71.8 Å². The topological polar surface area (TPSA) is 54.0 Å². The summed E-state index contributed by atoms with van der Waals surface area (Å²) >= 11 is 0. The molecule has 0 spiro atoms. The number of hydrogen-bond donors (Lipinski definition) is 2. The second kappa shape index (κ2) is 10.5. The minimum absolute atomic E-state index is 0.207. The first-order valence-electron chi connectivity index (χ1n) is 7.87. The van der Waals surface area contributed by atoms with Crippen molar-refractivity contribution in [3.05, 3.63) is 0 Å². The zero-order valence-corrected chi connectivity index (χ0v) is 13.2. The van der Waals surface area contributed by atoms with Crippen LogP contribution in [-0.2, 0) is 9.47 Å². The van der Waals surface area contributed by atoms with Gasteiger partial charge in [-0.25, -0.2) is 0 Å². The van der Waals surface area contributed by atoms with Crippen molar-refractivity contribution in [1.29, 1.82) is 0 Å². The Morgan fingerprint density at radius 2 is 2.05 bits per heavy atom. The SMILES string of the molecule is CCCNCC1(CN(CCO)CCOC)CCOCC1. The highest BCUT2D eigenvalue weighted by atomic mass is 16.5. The molecule has 0 aromatic rings. The first-order valence-corrected chi connectivity index (χ1v) is 7.87. The van der Waals surface area contributed by atoms with Gasteiger partial charge in [0.1, 0.15) is 0 Å². The van der Waals surface area contributed by atoms with E-state index in [9.17, 15) is 5.11 Å². The number of aliphatic hydroxyl groups excluding tert-OH is 1. The molecular formula is C15H32N2O3. The van der Waals surface area contributed by atoms with Crippen molar-refractivity contribution in [3.8, 4) is 0 Å². The smallest absolute Gasteiger partial charge is 0.0589 e. The Balaban J connectivity index is 2.55. The van der Waals surface area contributed by atoms with E-state index in [1.165, 1.54) is 0 Å². The highest BCUT2D eigenvalue weighted by molar-refractivity contribution is 4.87. The summed E-state index contributed by atoms with van der Waals surface area (Å²) in [4.78, 5) is 2.32. The third kappa shape index (κ3) is 6.50. The van der Waals surface area contributed by atoms with Crippen LogP contribution in [0.2, 0.25) is 0 Å². The summed E-state index contributed by atoms with van der Waals surface area (Å²) in [5.74, 6) is 0. The summed E-state index contributed by atoms with van der Waals surface area (Å²) in [6.45, 7) is 9.55. The molecule has 0 saturated carbocycles. The Kier molecular flexibility index (Phi) is 9.39. The van der Waals surface area contributed by atoms with E-state index < -0.39 is 0 Å². The van der Waals surface area contributed by atoms with Crippen LogP contribution >= 0.6 is 0 Å². The van der Waals surface area contributed by atoms with Crippen molar-refractivity contribution in [2.75, 3.05) is 66.3 Å². The zero-order valence-electron chi connectivity index (χ0n) is 13.2. The summed E-state index contributed by atoms with van der Waals surface area (Å²) in [6.07, 6.45) is 3.36. The van der Waals surface area contributed by atoms with Gasteiger partial charge in [-0.15, -0.1) is 0 Å². The van der Waals surface area contributed by atoms with Crippen molar-refractivity contribution in [2.45, 2.75) is 26.2 Å². The van der Waals surface area contributed by atoms with E-state index in [2.05, 4.69) is 17.1 Å². The van der Waals surface area contributed by atoms with Gasteiger partial charge in [0.2, 0.25) is 0 Å². The Morgan fingerprint density at radius 1 is 1.30 bits per heavy atom.